The van der Waals surface area contributed by atoms with Crippen LogP contribution in [0.25, 0.3) is 0 Å². The summed E-state index contributed by atoms with van der Waals surface area (Å²) in [5.41, 5.74) is -0.613. The molecule has 1 N–H and O–H groups in total. The standard InChI is InChI=1S/C11H16N4O2/c1-8(15-7-12-6-13-15)10(16)14-4-11(17,5-14)9-2-3-9/h6-9,17H,2-5H2,1H3. The number of nitrogens with zero attached hydrogens (tertiary/aromatic N) is 4. The lowest BCUT2D eigenvalue weighted by atomic mass is 9.88. The van der Waals surface area contributed by atoms with E-state index in [9.17, 15) is 9.90 Å². The van der Waals surface area contributed by atoms with Crippen molar-refractivity contribution in [3.8, 4) is 0 Å². The minimum absolute atomic E-state index is 0.000764. The molecule has 1 aliphatic heterocycles. The van der Waals surface area contributed by atoms with Gasteiger partial charge in [-0.15, -0.1) is 0 Å². The van der Waals surface area contributed by atoms with Crippen LogP contribution in [0.5, 0.6) is 0 Å². The van der Waals surface area contributed by atoms with Crippen molar-refractivity contribution in [2.75, 3.05) is 13.1 Å². The summed E-state index contributed by atoms with van der Waals surface area (Å²) < 4.78 is 1.54. The second-order valence-electron chi connectivity index (χ2n) is 5.12. The van der Waals surface area contributed by atoms with Gasteiger partial charge in [0.05, 0.1) is 13.1 Å². The van der Waals surface area contributed by atoms with Crippen molar-refractivity contribution < 1.29 is 9.90 Å². The second-order valence-corrected chi connectivity index (χ2v) is 5.12. The molecule has 3 rings (SSSR count). The normalized spacial score (nSPS) is 24.2. The van der Waals surface area contributed by atoms with Crippen LogP contribution in [0.1, 0.15) is 25.8 Å². The molecule has 1 aromatic rings. The molecule has 1 amide bonds. The minimum atomic E-state index is -0.613. The Bertz CT molecular complexity index is 421. The first kappa shape index (κ1) is 10.7. The van der Waals surface area contributed by atoms with Gasteiger partial charge >= 0.3 is 0 Å². The third-order valence-electron chi connectivity index (χ3n) is 3.77. The molecule has 0 radical (unpaired) electrons. The fraction of sp³-hybridized carbons (Fsp3) is 0.727. The number of amides is 1. The van der Waals surface area contributed by atoms with E-state index in [-0.39, 0.29) is 11.9 Å². The third kappa shape index (κ3) is 1.72. The van der Waals surface area contributed by atoms with Crippen LogP contribution >= 0.6 is 0 Å². The van der Waals surface area contributed by atoms with Crippen molar-refractivity contribution in [1.82, 2.24) is 19.7 Å². The molecule has 1 aliphatic carbocycles. The van der Waals surface area contributed by atoms with Crippen molar-refractivity contribution >= 4 is 5.91 Å². The van der Waals surface area contributed by atoms with Crippen LogP contribution in [0, 0.1) is 5.92 Å². The molecule has 0 aromatic carbocycles. The number of hydrogen-bond acceptors (Lipinski definition) is 4. The molecule has 2 heterocycles. The van der Waals surface area contributed by atoms with Crippen molar-refractivity contribution in [2.24, 2.45) is 5.92 Å². The predicted octanol–water partition coefficient (Wildman–Crippen LogP) is -0.178. The summed E-state index contributed by atoms with van der Waals surface area (Å²) in [6.45, 7) is 2.73. The number of carbonyl (C=O) groups excluding carboxylic acids is 1. The first-order valence-electron chi connectivity index (χ1n) is 5.95. The number of aliphatic hydroxyl groups is 1. The lowest BCUT2D eigenvalue weighted by molar-refractivity contribution is -0.162. The van der Waals surface area contributed by atoms with Crippen LogP contribution < -0.4 is 0 Å². The van der Waals surface area contributed by atoms with Gasteiger partial charge in [-0.25, -0.2) is 9.67 Å². The van der Waals surface area contributed by atoms with Crippen molar-refractivity contribution in [1.29, 1.82) is 0 Å². The summed E-state index contributed by atoms with van der Waals surface area (Å²) in [4.78, 5) is 17.6. The fourth-order valence-corrected chi connectivity index (χ4v) is 2.44. The highest BCUT2D eigenvalue weighted by Crippen LogP contribution is 2.44. The van der Waals surface area contributed by atoms with Crippen LogP contribution in [0.3, 0.4) is 0 Å². The molecule has 0 bridgehead atoms. The zero-order chi connectivity index (χ0) is 12.0. The summed E-state index contributed by atoms with van der Waals surface area (Å²) >= 11 is 0. The highest BCUT2D eigenvalue weighted by atomic mass is 16.3. The Morgan fingerprint density at radius 3 is 2.76 bits per heavy atom. The topological polar surface area (TPSA) is 71.2 Å². The van der Waals surface area contributed by atoms with E-state index < -0.39 is 5.60 Å². The molecule has 2 aliphatic rings. The molecule has 6 nitrogen and oxygen atoms in total. The molecular weight excluding hydrogens is 220 g/mol. The van der Waals surface area contributed by atoms with Gasteiger partial charge in [0, 0.05) is 0 Å². The Balaban J connectivity index is 1.61. The summed E-state index contributed by atoms with van der Waals surface area (Å²) in [6, 6.07) is -0.346. The predicted molar refractivity (Wildman–Crippen MR) is 59.0 cm³/mol. The fourth-order valence-electron chi connectivity index (χ4n) is 2.44. The lowest BCUT2D eigenvalue weighted by Gasteiger charge is -2.47. The van der Waals surface area contributed by atoms with E-state index in [1.54, 1.807) is 11.8 Å². The molecular formula is C11H16N4O2. The van der Waals surface area contributed by atoms with E-state index in [1.807, 2.05) is 0 Å². The highest BCUT2D eigenvalue weighted by Gasteiger charge is 2.53. The summed E-state index contributed by atoms with van der Waals surface area (Å²) in [5, 5.41) is 14.1. The van der Waals surface area contributed by atoms with Crippen LogP contribution in [0.2, 0.25) is 0 Å². The third-order valence-corrected chi connectivity index (χ3v) is 3.77. The summed E-state index contributed by atoms with van der Waals surface area (Å²) in [7, 11) is 0. The van der Waals surface area contributed by atoms with Gasteiger partial charge < -0.3 is 10.0 Å². The second kappa shape index (κ2) is 3.53. The Labute approximate surface area is 99.2 Å². The molecule has 1 saturated heterocycles. The van der Waals surface area contributed by atoms with Gasteiger partial charge in [-0.05, 0) is 25.7 Å². The van der Waals surface area contributed by atoms with Crippen molar-refractivity contribution in [3.05, 3.63) is 12.7 Å². The Morgan fingerprint density at radius 2 is 2.24 bits per heavy atom. The quantitative estimate of drug-likeness (QED) is 0.790. The highest BCUT2D eigenvalue weighted by molar-refractivity contribution is 5.81. The van der Waals surface area contributed by atoms with E-state index in [2.05, 4.69) is 10.1 Å². The van der Waals surface area contributed by atoms with E-state index >= 15 is 0 Å². The molecule has 1 atom stereocenters. The number of hydrogen-bond donors (Lipinski definition) is 1. The van der Waals surface area contributed by atoms with Crippen molar-refractivity contribution in [2.45, 2.75) is 31.4 Å². The number of β-amino-alcohol motifs (C(OH)–C–C–N with tert-alkyl or cyclic N) is 1. The smallest absolute Gasteiger partial charge is 0.247 e. The van der Waals surface area contributed by atoms with Crippen LogP contribution in [0.15, 0.2) is 12.7 Å². The van der Waals surface area contributed by atoms with E-state index in [4.69, 9.17) is 0 Å². The van der Waals surface area contributed by atoms with Gasteiger partial charge in [0.15, 0.2) is 0 Å². The number of likely N-dealkylation sites (tertiary alicyclic amines) is 1. The Hall–Kier alpha value is -1.43. The Kier molecular flexibility index (Phi) is 2.22. The number of carbonyl (C=O) groups is 1. The summed E-state index contributed by atoms with van der Waals surface area (Å²) in [6.07, 6.45) is 5.14. The van der Waals surface area contributed by atoms with E-state index in [0.717, 1.165) is 12.8 Å². The molecule has 2 fully saturated rings. The average molecular weight is 236 g/mol. The maximum Gasteiger partial charge on any atom is 0.247 e. The van der Waals surface area contributed by atoms with Crippen LogP contribution in [-0.2, 0) is 4.79 Å². The van der Waals surface area contributed by atoms with Crippen LogP contribution in [-0.4, -0.2) is 49.4 Å². The number of rotatable bonds is 3. The zero-order valence-corrected chi connectivity index (χ0v) is 9.78. The minimum Gasteiger partial charge on any atom is -0.386 e. The van der Waals surface area contributed by atoms with Crippen molar-refractivity contribution in [3.63, 3.8) is 0 Å². The monoisotopic (exact) mass is 236 g/mol. The van der Waals surface area contributed by atoms with Gasteiger partial charge in [-0.1, -0.05) is 0 Å². The molecule has 6 heteroatoms. The molecule has 1 aromatic heterocycles. The molecule has 17 heavy (non-hydrogen) atoms. The van der Waals surface area contributed by atoms with E-state index in [1.165, 1.54) is 17.3 Å². The molecule has 92 valence electrons. The Morgan fingerprint density at radius 1 is 1.53 bits per heavy atom. The largest absolute Gasteiger partial charge is 0.386 e. The maximum atomic E-state index is 12.1. The molecule has 1 saturated carbocycles. The maximum absolute atomic E-state index is 12.1. The van der Waals surface area contributed by atoms with Gasteiger partial charge in [0.2, 0.25) is 5.91 Å². The van der Waals surface area contributed by atoms with E-state index in [0.29, 0.717) is 19.0 Å². The van der Waals surface area contributed by atoms with Gasteiger partial charge in [0.25, 0.3) is 0 Å². The van der Waals surface area contributed by atoms with Crippen LogP contribution in [0.4, 0.5) is 0 Å². The molecule has 1 unspecified atom stereocenters. The first-order valence-corrected chi connectivity index (χ1v) is 5.95. The first-order chi connectivity index (χ1) is 8.10. The average Bonchev–Trinajstić information content (AvgIpc) is 2.99. The SMILES string of the molecule is CC(C(=O)N1CC(O)(C2CC2)C1)n1cncn1. The zero-order valence-electron chi connectivity index (χ0n) is 9.78. The lowest BCUT2D eigenvalue weighted by Crippen LogP contribution is -2.65. The van der Waals surface area contributed by atoms with Gasteiger partial charge in [0.1, 0.15) is 24.3 Å². The number of aromatic nitrogens is 3. The van der Waals surface area contributed by atoms with Gasteiger partial charge in [-0.3, -0.25) is 4.79 Å². The molecule has 0 spiro atoms. The summed E-state index contributed by atoms with van der Waals surface area (Å²) in [5.74, 6) is 0.411. The van der Waals surface area contributed by atoms with Gasteiger partial charge in [-0.2, -0.15) is 5.10 Å².